The maximum atomic E-state index is 12.5. The number of nitrogens with zero attached hydrogens (tertiary/aromatic N) is 2. The second-order valence-corrected chi connectivity index (χ2v) is 9.02. The Morgan fingerprint density at radius 1 is 1.31 bits per heavy atom. The second kappa shape index (κ2) is 8.44. The minimum absolute atomic E-state index is 0.0525. The first-order valence-electron chi connectivity index (χ1n) is 10.5. The van der Waals surface area contributed by atoms with Crippen LogP contribution in [0.15, 0.2) is 41.3 Å². The number of furan rings is 1. The molecule has 1 aliphatic heterocycles. The van der Waals surface area contributed by atoms with Crippen LogP contribution < -0.4 is 4.90 Å². The second-order valence-electron chi connectivity index (χ2n) is 9.02. The average Bonchev–Trinajstić information content (AvgIpc) is 3.09. The molecule has 1 aliphatic rings. The summed E-state index contributed by atoms with van der Waals surface area (Å²) >= 11 is 0. The molecule has 5 nitrogen and oxygen atoms in total. The Hall–Kier alpha value is -2.56. The fraction of sp³-hybridized carbons (Fsp3) is 0.500. The van der Waals surface area contributed by atoms with Gasteiger partial charge in [-0.1, -0.05) is 52.8 Å². The van der Waals surface area contributed by atoms with Crippen molar-refractivity contribution in [2.24, 2.45) is 11.3 Å². The molecule has 3 rings (SSSR count). The van der Waals surface area contributed by atoms with E-state index in [0.717, 1.165) is 17.4 Å². The van der Waals surface area contributed by atoms with Crippen molar-refractivity contribution in [3.63, 3.8) is 0 Å². The predicted molar refractivity (Wildman–Crippen MR) is 117 cm³/mol. The lowest BCUT2D eigenvalue weighted by Gasteiger charge is -2.32. The standard InChI is InChI=1S/C24H32N2O3/c1-6-17(3)14-24(4,5)15-18-8-9-19-13-23(29-20(19)12-18)26-11-10-25(16-22(26)28)21(27)7-2/h7-9,12-13,17H,2,6,10-11,14-16H2,1,3-5H3. The van der Waals surface area contributed by atoms with Crippen LogP contribution in [-0.2, 0) is 16.0 Å². The van der Waals surface area contributed by atoms with Gasteiger partial charge in [0.25, 0.3) is 0 Å². The van der Waals surface area contributed by atoms with Gasteiger partial charge in [0, 0.05) is 24.5 Å². The summed E-state index contributed by atoms with van der Waals surface area (Å²) in [6.45, 7) is 13.6. The van der Waals surface area contributed by atoms with Gasteiger partial charge < -0.3 is 9.32 Å². The number of hydrogen-bond acceptors (Lipinski definition) is 3. The molecule has 0 bridgehead atoms. The van der Waals surface area contributed by atoms with Gasteiger partial charge in [0.2, 0.25) is 17.7 Å². The van der Waals surface area contributed by atoms with E-state index >= 15 is 0 Å². The molecule has 2 amide bonds. The first-order valence-corrected chi connectivity index (χ1v) is 10.5. The normalized spacial score (nSPS) is 16.3. The van der Waals surface area contributed by atoms with Crippen molar-refractivity contribution in [2.45, 2.75) is 47.0 Å². The van der Waals surface area contributed by atoms with Crippen LogP contribution >= 0.6 is 0 Å². The molecule has 5 heteroatoms. The van der Waals surface area contributed by atoms with Crippen LogP contribution in [0.5, 0.6) is 0 Å². The lowest BCUT2D eigenvalue weighted by atomic mass is 9.78. The summed E-state index contributed by atoms with van der Waals surface area (Å²) in [4.78, 5) is 27.4. The Kier molecular flexibility index (Phi) is 6.15. The van der Waals surface area contributed by atoms with Crippen molar-refractivity contribution in [1.82, 2.24) is 4.90 Å². The molecule has 0 radical (unpaired) electrons. The van der Waals surface area contributed by atoms with Gasteiger partial charge in [0.1, 0.15) is 12.1 Å². The van der Waals surface area contributed by atoms with Gasteiger partial charge in [-0.3, -0.25) is 14.5 Å². The summed E-state index contributed by atoms with van der Waals surface area (Å²) in [6, 6.07) is 8.23. The summed E-state index contributed by atoms with van der Waals surface area (Å²) in [5.41, 5.74) is 2.27. The van der Waals surface area contributed by atoms with Crippen LogP contribution in [0.2, 0.25) is 0 Å². The minimum Gasteiger partial charge on any atom is -0.440 e. The lowest BCUT2D eigenvalue weighted by molar-refractivity contribution is -0.133. The number of piperazine rings is 1. The van der Waals surface area contributed by atoms with Crippen LogP contribution in [0.3, 0.4) is 0 Å². The predicted octanol–water partition coefficient (Wildman–Crippen LogP) is 4.80. The number of anilines is 1. The Morgan fingerprint density at radius 2 is 2.07 bits per heavy atom. The summed E-state index contributed by atoms with van der Waals surface area (Å²) in [6.07, 6.45) is 4.62. The van der Waals surface area contributed by atoms with E-state index in [1.165, 1.54) is 29.4 Å². The molecule has 0 saturated carbocycles. The van der Waals surface area contributed by atoms with Gasteiger partial charge in [-0.05, 0) is 41.9 Å². The zero-order chi connectivity index (χ0) is 21.2. The highest BCUT2D eigenvalue weighted by Gasteiger charge is 2.29. The van der Waals surface area contributed by atoms with Crippen molar-refractivity contribution < 1.29 is 14.0 Å². The van der Waals surface area contributed by atoms with Gasteiger partial charge in [-0.25, -0.2) is 0 Å². The molecule has 0 aliphatic carbocycles. The maximum Gasteiger partial charge on any atom is 0.248 e. The van der Waals surface area contributed by atoms with E-state index in [2.05, 4.69) is 52.5 Å². The fourth-order valence-corrected chi connectivity index (χ4v) is 4.24. The van der Waals surface area contributed by atoms with Gasteiger partial charge in [-0.2, -0.15) is 0 Å². The molecule has 1 atom stereocenters. The zero-order valence-corrected chi connectivity index (χ0v) is 18.0. The van der Waals surface area contributed by atoms with Crippen molar-refractivity contribution >= 4 is 28.7 Å². The number of hydrogen-bond donors (Lipinski definition) is 0. The Balaban J connectivity index is 1.75. The van der Waals surface area contributed by atoms with Crippen molar-refractivity contribution in [3.8, 4) is 0 Å². The van der Waals surface area contributed by atoms with E-state index in [1.54, 1.807) is 4.90 Å². The third kappa shape index (κ3) is 4.89. The summed E-state index contributed by atoms with van der Waals surface area (Å²) in [7, 11) is 0. The van der Waals surface area contributed by atoms with E-state index in [0.29, 0.717) is 24.9 Å². The molecular formula is C24H32N2O3. The monoisotopic (exact) mass is 396 g/mol. The van der Waals surface area contributed by atoms with Crippen LogP contribution in [0, 0.1) is 11.3 Å². The zero-order valence-electron chi connectivity index (χ0n) is 18.0. The Bertz CT molecular complexity index is 912. The van der Waals surface area contributed by atoms with Gasteiger partial charge in [0.05, 0.1) is 0 Å². The average molecular weight is 397 g/mol. The highest BCUT2D eigenvalue weighted by molar-refractivity contribution is 6.00. The van der Waals surface area contributed by atoms with E-state index in [4.69, 9.17) is 4.42 Å². The van der Waals surface area contributed by atoms with Crippen LogP contribution in [0.1, 0.15) is 46.1 Å². The number of benzene rings is 1. The third-order valence-electron chi connectivity index (χ3n) is 5.83. The molecule has 1 fully saturated rings. The Labute approximate surface area is 173 Å². The van der Waals surface area contributed by atoms with E-state index < -0.39 is 0 Å². The Morgan fingerprint density at radius 3 is 2.72 bits per heavy atom. The number of rotatable bonds is 7. The molecule has 1 aromatic carbocycles. The molecule has 2 aromatic rings. The summed E-state index contributed by atoms with van der Waals surface area (Å²) in [5, 5.41) is 0.987. The molecule has 1 saturated heterocycles. The quantitative estimate of drug-likeness (QED) is 0.632. The molecule has 29 heavy (non-hydrogen) atoms. The van der Waals surface area contributed by atoms with Crippen molar-refractivity contribution in [2.75, 3.05) is 24.5 Å². The van der Waals surface area contributed by atoms with Gasteiger partial charge in [0.15, 0.2) is 0 Å². The van der Waals surface area contributed by atoms with Gasteiger partial charge in [-0.15, -0.1) is 0 Å². The minimum atomic E-state index is -0.216. The SMILES string of the molecule is C=CC(=O)N1CCN(c2cc3ccc(CC(C)(C)CC(C)CC)cc3o2)C(=O)C1. The highest BCUT2D eigenvalue weighted by Crippen LogP contribution is 2.33. The topological polar surface area (TPSA) is 53.8 Å². The first kappa shape index (κ1) is 21.2. The van der Waals surface area contributed by atoms with Crippen molar-refractivity contribution in [3.05, 3.63) is 42.5 Å². The van der Waals surface area contributed by atoms with Crippen molar-refractivity contribution in [1.29, 1.82) is 0 Å². The lowest BCUT2D eigenvalue weighted by Crippen LogP contribution is -2.52. The molecular weight excluding hydrogens is 364 g/mol. The molecule has 1 unspecified atom stereocenters. The van der Waals surface area contributed by atoms with E-state index in [9.17, 15) is 9.59 Å². The smallest absolute Gasteiger partial charge is 0.248 e. The molecule has 156 valence electrons. The number of fused-ring (bicyclic) bond motifs is 1. The van der Waals surface area contributed by atoms with E-state index in [-0.39, 0.29) is 23.8 Å². The number of carbonyl (C=O) groups excluding carboxylic acids is 2. The fourth-order valence-electron chi connectivity index (χ4n) is 4.24. The van der Waals surface area contributed by atoms with Gasteiger partial charge >= 0.3 is 0 Å². The highest BCUT2D eigenvalue weighted by atomic mass is 16.4. The summed E-state index contributed by atoms with van der Waals surface area (Å²) < 4.78 is 6.04. The molecule has 0 spiro atoms. The van der Waals surface area contributed by atoms with Crippen LogP contribution in [-0.4, -0.2) is 36.3 Å². The molecule has 1 aromatic heterocycles. The maximum absolute atomic E-state index is 12.5. The first-order chi connectivity index (χ1) is 13.7. The van der Waals surface area contributed by atoms with Crippen LogP contribution in [0.4, 0.5) is 5.88 Å². The van der Waals surface area contributed by atoms with E-state index in [1.807, 2.05) is 6.07 Å². The molecule has 0 N–H and O–H groups in total. The third-order valence-corrected chi connectivity index (χ3v) is 5.83. The largest absolute Gasteiger partial charge is 0.440 e. The number of carbonyl (C=O) groups is 2. The van der Waals surface area contributed by atoms with Crippen LogP contribution in [0.25, 0.3) is 11.0 Å². The summed E-state index contributed by atoms with van der Waals surface area (Å²) in [5.74, 6) is 0.904. The number of amides is 2. The molecule has 2 heterocycles.